The predicted molar refractivity (Wildman–Crippen MR) is 131 cm³/mol. The number of hydrogen-bond acceptors (Lipinski definition) is 5. The molecule has 0 spiro atoms. The molecule has 9 heteroatoms. The van der Waals surface area contributed by atoms with Crippen molar-refractivity contribution in [2.45, 2.75) is 9.79 Å². The summed E-state index contributed by atoms with van der Waals surface area (Å²) in [4.78, 5) is 27.2. The van der Waals surface area contributed by atoms with Gasteiger partial charge in [-0.05, 0) is 42.5 Å². The maximum absolute atomic E-state index is 13.1. The highest BCUT2D eigenvalue weighted by Gasteiger charge is 2.18. The maximum atomic E-state index is 13.1. The van der Waals surface area contributed by atoms with Gasteiger partial charge in [-0.2, -0.15) is 0 Å². The van der Waals surface area contributed by atoms with Gasteiger partial charge in [-0.3, -0.25) is 13.9 Å². The Bertz CT molecular complexity index is 1430. The first kappa shape index (κ1) is 22.8. The Kier molecular flexibility index (Phi) is 6.40. The minimum atomic E-state index is -0.322. The van der Waals surface area contributed by atoms with Crippen molar-refractivity contribution in [3.8, 4) is 11.5 Å². The second kappa shape index (κ2) is 9.25. The van der Waals surface area contributed by atoms with Crippen LogP contribution in [0.15, 0.2) is 69.2 Å². The fraction of sp³-hybridized carbons (Fsp3) is 0.167. The number of amides is 1. The van der Waals surface area contributed by atoms with Crippen LogP contribution in [0.4, 0.5) is 5.69 Å². The van der Waals surface area contributed by atoms with E-state index in [4.69, 9.17) is 21.1 Å². The zero-order chi connectivity index (χ0) is 23.7. The van der Waals surface area contributed by atoms with Gasteiger partial charge >= 0.3 is 5.69 Å². The van der Waals surface area contributed by atoms with Crippen LogP contribution in [-0.2, 0) is 14.1 Å². The third-order valence-electron chi connectivity index (χ3n) is 5.32. The number of nitrogens with zero attached hydrogens (tertiary/aromatic N) is 2. The van der Waals surface area contributed by atoms with E-state index in [-0.39, 0.29) is 11.6 Å². The van der Waals surface area contributed by atoms with Gasteiger partial charge in [-0.15, -0.1) is 0 Å². The third-order valence-corrected chi connectivity index (χ3v) is 6.90. The van der Waals surface area contributed by atoms with Gasteiger partial charge in [0.05, 0.1) is 36.0 Å². The van der Waals surface area contributed by atoms with Crippen molar-refractivity contribution in [2.24, 2.45) is 14.1 Å². The fourth-order valence-electron chi connectivity index (χ4n) is 3.53. The lowest BCUT2D eigenvalue weighted by Crippen LogP contribution is -2.19. The van der Waals surface area contributed by atoms with Gasteiger partial charge in [0.15, 0.2) is 11.5 Å². The number of ether oxygens (including phenoxy) is 2. The van der Waals surface area contributed by atoms with E-state index >= 15 is 0 Å². The minimum Gasteiger partial charge on any atom is -0.493 e. The second-order valence-electron chi connectivity index (χ2n) is 7.29. The van der Waals surface area contributed by atoms with Crippen LogP contribution in [0.3, 0.4) is 0 Å². The molecule has 0 aliphatic rings. The average molecular weight is 484 g/mol. The minimum absolute atomic E-state index is 0.151. The highest BCUT2D eigenvalue weighted by molar-refractivity contribution is 7.99. The standard InChI is InChI=1S/C24H22ClN3O4S/c1-27-17-12-16(26-23(29)14-9-10-19(31-3)20(11-14)32-4)22(13-18(17)28(2)24(27)30)33-21-8-6-5-7-15(21)25/h5-13H,1-4H3,(H,26,29). The monoisotopic (exact) mass is 483 g/mol. The van der Waals surface area contributed by atoms with Crippen molar-refractivity contribution in [1.82, 2.24) is 9.13 Å². The number of aryl methyl sites for hydroxylation is 2. The van der Waals surface area contributed by atoms with Crippen LogP contribution < -0.4 is 20.5 Å². The first-order chi connectivity index (χ1) is 15.8. The van der Waals surface area contributed by atoms with Crippen LogP contribution in [-0.4, -0.2) is 29.3 Å². The molecule has 1 heterocycles. The van der Waals surface area contributed by atoms with Gasteiger partial charge in [-0.1, -0.05) is 35.5 Å². The number of carbonyl (C=O) groups is 1. The summed E-state index contributed by atoms with van der Waals surface area (Å²) in [5, 5.41) is 3.58. The lowest BCUT2D eigenvalue weighted by atomic mass is 10.1. The second-order valence-corrected chi connectivity index (χ2v) is 8.79. The number of hydrogen-bond donors (Lipinski definition) is 1. The Morgan fingerprint density at radius 2 is 1.58 bits per heavy atom. The van der Waals surface area contributed by atoms with Crippen LogP contribution in [0.1, 0.15) is 10.4 Å². The Morgan fingerprint density at radius 1 is 0.909 bits per heavy atom. The Morgan fingerprint density at radius 3 is 2.24 bits per heavy atom. The summed E-state index contributed by atoms with van der Waals surface area (Å²) >= 11 is 7.79. The first-order valence-corrected chi connectivity index (χ1v) is 11.2. The van der Waals surface area contributed by atoms with Crippen LogP contribution in [0.2, 0.25) is 5.02 Å². The van der Waals surface area contributed by atoms with Crippen LogP contribution >= 0.6 is 23.4 Å². The van der Waals surface area contributed by atoms with Gasteiger partial charge in [0.25, 0.3) is 5.91 Å². The van der Waals surface area contributed by atoms with Crippen molar-refractivity contribution in [1.29, 1.82) is 0 Å². The summed E-state index contributed by atoms with van der Waals surface area (Å²) in [7, 11) is 6.47. The molecule has 0 aliphatic carbocycles. The third kappa shape index (κ3) is 4.31. The van der Waals surface area contributed by atoms with Gasteiger partial charge in [0.2, 0.25) is 0 Å². The molecule has 33 heavy (non-hydrogen) atoms. The van der Waals surface area contributed by atoms with Gasteiger partial charge in [0, 0.05) is 29.4 Å². The van der Waals surface area contributed by atoms with E-state index in [1.165, 1.54) is 26.0 Å². The van der Waals surface area contributed by atoms with Crippen LogP contribution in [0.25, 0.3) is 11.0 Å². The van der Waals surface area contributed by atoms with Gasteiger partial charge in [0.1, 0.15) is 0 Å². The SMILES string of the molecule is COc1ccc(C(=O)Nc2cc3c(cc2Sc2ccccc2Cl)n(C)c(=O)n3C)cc1OC. The quantitative estimate of drug-likeness (QED) is 0.420. The fourth-order valence-corrected chi connectivity index (χ4v) is 4.72. The predicted octanol–water partition coefficient (Wildman–Crippen LogP) is 4.95. The number of rotatable bonds is 6. The molecule has 1 N–H and O–H groups in total. The molecule has 0 aliphatic heterocycles. The van der Waals surface area contributed by atoms with E-state index in [2.05, 4.69) is 5.32 Å². The largest absolute Gasteiger partial charge is 0.493 e. The molecule has 0 atom stereocenters. The number of methoxy groups -OCH3 is 2. The molecule has 0 fully saturated rings. The molecule has 0 saturated carbocycles. The van der Waals surface area contributed by atoms with Crippen molar-refractivity contribution in [3.63, 3.8) is 0 Å². The molecule has 7 nitrogen and oxygen atoms in total. The lowest BCUT2D eigenvalue weighted by Gasteiger charge is -2.14. The molecular weight excluding hydrogens is 462 g/mol. The summed E-state index contributed by atoms with van der Waals surface area (Å²) in [6, 6.07) is 16.1. The first-order valence-electron chi connectivity index (χ1n) is 9.99. The van der Waals surface area contributed by atoms with Gasteiger partial charge < -0.3 is 14.8 Å². The zero-order valence-corrected chi connectivity index (χ0v) is 20.1. The normalized spacial score (nSPS) is 10.9. The Labute approximate surface area is 199 Å². The lowest BCUT2D eigenvalue weighted by molar-refractivity contribution is 0.102. The highest BCUT2D eigenvalue weighted by atomic mass is 35.5. The molecule has 3 aromatic carbocycles. The average Bonchev–Trinajstić information content (AvgIpc) is 3.03. The van der Waals surface area contributed by atoms with E-state index in [1.54, 1.807) is 47.5 Å². The number of benzene rings is 3. The van der Waals surface area contributed by atoms with E-state index in [9.17, 15) is 9.59 Å². The van der Waals surface area contributed by atoms with E-state index in [0.29, 0.717) is 33.3 Å². The molecule has 0 bridgehead atoms. The van der Waals surface area contributed by atoms with Crippen molar-refractivity contribution in [2.75, 3.05) is 19.5 Å². The van der Waals surface area contributed by atoms with E-state index in [1.807, 2.05) is 30.3 Å². The molecule has 1 amide bonds. The number of imidazole rings is 1. The van der Waals surface area contributed by atoms with Gasteiger partial charge in [-0.25, -0.2) is 4.79 Å². The zero-order valence-electron chi connectivity index (χ0n) is 18.5. The molecule has 4 aromatic rings. The molecule has 4 rings (SSSR count). The Hall–Kier alpha value is -3.36. The molecule has 170 valence electrons. The van der Waals surface area contributed by atoms with Crippen LogP contribution in [0.5, 0.6) is 11.5 Å². The molecule has 1 aromatic heterocycles. The summed E-state index contributed by atoms with van der Waals surface area (Å²) < 4.78 is 13.7. The molecule has 0 radical (unpaired) electrons. The molecular formula is C24H22ClN3O4S. The number of nitrogens with one attached hydrogen (secondary N) is 1. The van der Waals surface area contributed by atoms with E-state index in [0.717, 1.165) is 15.3 Å². The van der Waals surface area contributed by atoms with Crippen molar-refractivity contribution >= 4 is 46.0 Å². The topological polar surface area (TPSA) is 74.5 Å². The van der Waals surface area contributed by atoms with Crippen molar-refractivity contribution < 1.29 is 14.3 Å². The van der Waals surface area contributed by atoms with E-state index < -0.39 is 0 Å². The summed E-state index contributed by atoms with van der Waals surface area (Å²) in [6.45, 7) is 0. The number of aromatic nitrogens is 2. The summed E-state index contributed by atoms with van der Waals surface area (Å²) in [6.07, 6.45) is 0. The number of fused-ring (bicyclic) bond motifs is 1. The number of halogens is 1. The van der Waals surface area contributed by atoms with Crippen LogP contribution in [0, 0.1) is 0 Å². The summed E-state index contributed by atoms with van der Waals surface area (Å²) in [5.41, 5.74) is 2.27. The smallest absolute Gasteiger partial charge is 0.328 e. The van der Waals surface area contributed by atoms with Crippen molar-refractivity contribution in [3.05, 3.63) is 75.7 Å². The maximum Gasteiger partial charge on any atom is 0.328 e. The summed E-state index contributed by atoms with van der Waals surface area (Å²) in [5.74, 6) is 0.665. The molecule has 0 saturated heterocycles. The molecule has 0 unspecified atom stereocenters. The number of anilines is 1. The number of carbonyl (C=O) groups excluding carboxylic acids is 1. The Balaban J connectivity index is 1.79. The highest BCUT2D eigenvalue weighted by Crippen LogP contribution is 2.39.